The van der Waals surface area contributed by atoms with Gasteiger partial charge in [-0.2, -0.15) is 0 Å². The molecule has 1 aliphatic carbocycles. The van der Waals surface area contributed by atoms with Crippen molar-refractivity contribution < 1.29 is 9.15 Å². The second-order valence-corrected chi connectivity index (χ2v) is 9.28. The van der Waals surface area contributed by atoms with E-state index in [0.29, 0.717) is 16.5 Å². The van der Waals surface area contributed by atoms with Gasteiger partial charge in [0.15, 0.2) is 4.34 Å². The maximum absolute atomic E-state index is 12.1. The van der Waals surface area contributed by atoms with Crippen molar-refractivity contribution in [3.63, 3.8) is 0 Å². The highest BCUT2D eigenvalue weighted by Gasteiger charge is 2.16. The van der Waals surface area contributed by atoms with Crippen molar-refractivity contribution >= 4 is 44.9 Å². The summed E-state index contributed by atoms with van der Waals surface area (Å²) in [6.07, 6.45) is 3.31. The molecule has 30 heavy (non-hydrogen) atoms. The van der Waals surface area contributed by atoms with Crippen LogP contribution in [-0.4, -0.2) is 17.3 Å². The van der Waals surface area contributed by atoms with Crippen LogP contribution >= 0.6 is 23.1 Å². The lowest BCUT2D eigenvalue weighted by atomic mass is 10.0. The van der Waals surface area contributed by atoms with Gasteiger partial charge in [-0.15, -0.1) is 10.2 Å². The van der Waals surface area contributed by atoms with Crippen molar-refractivity contribution in [2.75, 3.05) is 12.4 Å². The van der Waals surface area contributed by atoms with Gasteiger partial charge in [0.05, 0.1) is 7.11 Å². The molecule has 0 aliphatic heterocycles. The van der Waals surface area contributed by atoms with Gasteiger partial charge in [0.2, 0.25) is 5.13 Å². The van der Waals surface area contributed by atoms with Crippen LogP contribution in [-0.2, 0) is 18.6 Å². The Morgan fingerprint density at radius 3 is 2.90 bits per heavy atom. The predicted octanol–water partition coefficient (Wildman–Crippen LogP) is 5.18. The van der Waals surface area contributed by atoms with E-state index in [2.05, 4.69) is 21.6 Å². The lowest BCUT2D eigenvalue weighted by Gasteiger charge is -2.07. The zero-order chi connectivity index (χ0) is 20.5. The third-order valence-corrected chi connectivity index (χ3v) is 7.14. The number of hydrogen-bond donors (Lipinski definition) is 1. The zero-order valence-corrected chi connectivity index (χ0v) is 17.9. The smallest absolute Gasteiger partial charge is 0.336 e. The van der Waals surface area contributed by atoms with E-state index in [-0.39, 0.29) is 5.63 Å². The van der Waals surface area contributed by atoms with Crippen molar-refractivity contribution in [1.82, 2.24) is 10.2 Å². The van der Waals surface area contributed by atoms with Gasteiger partial charge in [0.1, 0.15) is 11.3 Å². The monoisotopic (exact) mass is 437 g/mol. The quantitative estimate of drug-likeness (QED) is 0.329. The van der Waals surface area contributed by atoms with Gasteiger partial charge < -0.3 is 14.5 Å². The highest BCUT2D eigenvalue weighted by Crippen LogP contribution is 2.34. The van der Waals surface area contributed by atoms with E-state index in [0.717, 1.165) is 46.0 Å². The first-order valence-electron chi connectivity index (χ1n) is 9.64. The van der Waals surface area contributed by atoms with E-state index in [1.165, 1.54) is 22.5 Å². The molecule has 0 saturated heterocycles. The van der Waals surface area contributed by atoms with Crippen LogP contribution in [0.15, 0.2) is 56.0 Å². The molecule has 5 rings (SSSR count). The summed E-state index contributed by atoms with van der Waals surface area (Å²) in [5.74, 6) is 1.41. The molecule has 8 heteroatoms. The minimum atomic E-state index is -0.311. The number of methoxy groups -OCH3 is 1. The molecular weight excluding hydrogens is 418 g/mol. The normalized spacial score (nSPS) is 12.8. The van der Waals surface area contributed by atoms with Crippen LogP contribution in [0, 0.1) is 0 Å². The largest absolute Gasteiger partial charge is 0.497 e. The number of anilines is 2. The van der Waals surface area contributed by atoms with Gasteiger partial charge in [-0.25, -0.2) is 4.79 Å². The Hall–Kier alpha value is -2.84. The van der Waals surface area contributed by atoms with Gasteiger partial charge in [0, 0.05) is 29.0 Å². The number of aryl methyl sites for hydroxylation is 2. The minimum absolute atomic E-state index is 0.311. The zero-order valence-electron chi connectivity index (χ0n) is 16.3. The van der Waals surface area contributed by atoms with Crippen molar-refractivity contribution in [3.8, 4) is 5.75 Å². The molecule has 0 radical (unpaired) electrons. The molecule has 0 spiro atoms. The third kappa shape index (κ3) is 3.93. The number of nitrogens with zero attached hydrogens (tertiary/aromatic N) is 2. The van der Waals surface area contributed by atoms with Crippen molar-refractivity contribution in [3.05, 3.63) is 69.6 Å². The SMILES string of the molecule is COc1cccc(Nc2nnc(SCc3cc(=O)oc4cc5c(cc34)CCC5)s2)c1. The Kier molecular flexibility index (Phi) is 5.18. The summed E-state index contributed by atoms with van der Waals surface area (Å²) >= 11 is 3.05. The van der Waals surface area contributed by atoms with Crippen LogP contribution in [0.1, 0.15) is 23.1 Å². The van der Waals surface area contributed by atoms with E-state index >= 15 is 0 Å². The molecule has 1 N–H and O–H groups in total. The van der Waals surface area contributed by atoms with E-state index in [9.17, 15) is 4.79 Å². The van der Waals surface area contributed by atoms with Crippen LogP contribution in [0.2, 0.25) is 0 Å². The first-order valence-corrected chi connectivity index (χ1v) is 11.4. The second kappa shape index (κ2) is 8.12. The maximum Gasteiger partial charge on any atom is 0.336 e. The lowest BCUT2D eigenvalue weighted by Crippen LogP contribution is -2.00. The average molecular weight is 438 g/mol. The molecular formula is C22H19N3O3S2. The summed E-state index contributed by atoms with van der Waals surface area (Å²) in [5, 5.41) is 13.5. The molecule has 1 aliphatic rings. The molecule has 4 aromatic rings. The number of hydrogen-bond acceptors (Lipinski definition) is 8. The standard InChI is InChI=1S/C22H19N3O3S2/c1-27-17-7-3-6-16(11-17)23-21-24-25-22(30-21)29-12-15-10-20(26)28-19-9-14-5-2-4-13(14)8-18(15)19/h3,6-11H,2,4-5,12H2,1H3,(H,23,24). The number of rotatable bonds is 6. The predicted molar refractivity (Wildman–Crippen MR) is 120 cm³/mol. The topological polar surface area (TPSA) is 77.2 Å². The molecule has 152 valence electrons. The Labute approximate surface area is 181 Å². The van der Waals surface area contributed by atoms with Gasteiger partial charge in [-0.3, -0.25) is 0 Å². The lowest BCUT2D eigenvalue weighted by molar-refractivity contribution is 0.415. The second-order valence-electron chi connectivity index (χ2n) is 7.08. The summed E-state index contributed by atoms with van der Waals surface area (Å²) in [7, 11) is 1.64. The van der Waals surface area contributed by atoms with Crippen molar-refractivity contribution in [1.29, 1.82) is 0 Å². The van der Waals surface area contributed by atoms with Gasteiger partial charge in [-0.1, -0.05) is 29.2 Å². The summed E-state index contributed by atoms with van der Waals surface area (Å²) in [6.45, 7) is 0. The van der Waals surface area contributed by atoms with Gasteiger partial charge in [0.25, 0.3) is 0 Å². The Bertz CT molecular complexity index is 1280. The molecule has 0 atom stereocenters. The van der Waals surface area contributed by atoms with Gasteiger partial charge >= 0.3 is 5.63 Å². The fourth-order valence-electron chi connectivity index (χ4n) is 3.70. The highest BCUT2D eigenvalue weighted by atomic mass is 32.2. The summed E-state index contributed by atoms with van der Waals surface area (Å²) in [5.41, 5.74) is 4.89. The fourth-order valence-corrected chi connectivity index (χ4v) is 5.46. The van der Waals surface area contributed by atoms with E-state index in [1.54, 1.807) is 24.9 Å². The van der Waals surface area contributed by atoms with Crippen molar-refractivity contribution in [2.24, 2.45) is 0 Å². The third-order valence-electron chi connectivity index (χ3n) is 5.12. The average Bonchev–Trinajstić information content (AvgIpc) is 3.39. The first kappa shape index (κ1) is 19.1. The van der Waals surface area contributed by atoms with Crippen molar-refractivity contribution in [2.45, 2.75) is 29.4 Å². The van der Waals surface area contributed by atoms with Crippen LogP contribution in [0.5, 0.6) is 5.75 Å². The molecule has 2 aromatic heterocycles. The number of fused-ring (bicyclic) bond motifs is 2. The van der Waals surface area contributed by atoms with Crippen LogP contribution in [0.4, 0.5) is 10.8 Å². The number of thioether (sulfide) groups is 1. The Morgan fingerprint density at radius 1 is 1.17 bits per heavy atom. The molecule has 0 fully saturated rings. The summed E-state index contributed by atoms with van der Waals surface area (Å²) < 4.78 is 11.5. The number of ether oxygens (including phenoxy) is 1. The molecule has 0 saturated carbocycles. The molecule has 0 unspecified atom stereocenters. The first-order chi connectivity index (χ1) is 14.7. The van der Waals surface area contributed by atoms with E-state index in [1.807, 2.05) is 30.3 Å². The van der Waals surface area contributed by atoms with Gasteiger partial charge in [-0.05, 0) is 60.2 Å². The minimum Gasteiger partial charge on any atom is -0.497 e. The summed E-state index contributed by atoms with van der Waals surface area (Å²) in [6, 6.07) is 13.5. The molecule has 0 bridgehead atoms. The van der Waals surface area contributed by atoms with E-state index < -0.39 is 0 Å². The van der Waals surface area contributed by atoms with Crippen LogP contribution in [0.3, 0.4) is 0 Å². The molecule has 0 amide bonds. The molecule has 2 heterocycles. The Balaban J connectivity index is 1.34. The fraction of sp³-hybridized carbons (Fsp3) is 0.227. The van der Waals surface area contributed by atoms with Crippen LogP contribution < -0.4 is 15.7 Å². The Morgan fingerprint density at radius 2 is 2.03 bits per heavy atom. The number of aromatic nitrogens is 2. The van der Waals surface area contributed by atoms with Crippen LogP contribution in [0.25, 0.3) is 11.0 Å². The van der Waals surface area contributed by atoms with E-state index in [4.69, 9.17) is 9.15 Å². The molecule has 2 aromatic carbocycles. The summed E-state index contributed by atoms with van der Waals surface area (Å²) in [4.78, 5) is 12.1. The molecule has 6 nitrogen and oxygen atoms in total. The number of benzene rings is 2. The maximum atomic E-state index is 12.1. The number of nitrogens with one attached hydrogen (secondary N) is 1. The highest BCUT2D eigenvalue weighted by molar-refractivity contribution is 8.00.